The van der Waals surface area contributed by atoms with E-state index < -0.39 is 11.2 Å². The highest BCUT2D eigenvalue weighted by Crippen LogP contribution is 2.36. The molecular formula is C18H19N3O4S. The van der Waals surface area contributed by atoms with Crippen molar-refractivity contribution >= 4 is 27.9 Å². The van der Waals surface area contributed by atoms with Crippen molar-refractivity contribution in [1.29, 1.82) is 0 Å². The predicted molar refractivity (Wildman–Crippen MR) is 99.7 cm³/mol. The Morgan fingerprint density at radius 2 is 2.00 bits per heavy atom. The van der Waals surface area contributed by atoms with Crippen LogP contribution in [0.25, 0.3) is 11.0 Å². The summed E-state index contributed by atoms with van der Waals surface area (Å²) in [4.78, 5) is 9.58. The number of hydrogen-bond donors (Lipinski definition) is 1. The SMILES string of the molecule is COc1ccc(C[S+]([O-])c2nc3cc4c(cc3[nH]2)OCO4)c(N(C)C)c1. The van der Waals surface area contributed by atoms with Crippen LogP contribution in [0, 0.1) is 0 Å². The van der Waals surface area contributed by atoms with Crippen LogP contribution >= 0.6 is 0 Å². The van der Waals surface area contributed by atoms with Gasteiger partial charge in [0.15, 0.2) is 11.5 Å². The Bertz CT molecular complexity index is 916. The molecule has 0 spiro atoms. The first kappa shape index (κ1) is 16.9. The van der Waals surface area contributed by atoms with Gasteiger partial charge in [0.25, 0.3) is 0 Å². The highest BCUT2D eigenvalue weighted by Gasteiger charge is 2.22. The number of nitrogens with one attached hydrogen (secondary N) is 1. The molecule has 8 heteroatoms. The van der Waals surface area contributed by atoms with Crippen LogP contribution in [-0.4, -0.2) is 42.5 Å². The zero-order valence-electron chi connectivity index (χ0n) is 14.7. The Morgan fingerprint density at radius 3 is 2.73 bits per heavy atom. The summed E-state index contributed by atoms with van der Waals surface area (Å²) in [7, 11) is 5.53. The number of aromatic nitrogens is 2. The quantitative estimate of drug-likeness (QED) is 0.693. The van der Waals surface area contributed by atoms with Gasteiger partial charge in [-0.25, -0.2) is 0 Å². The summed E-state index contributed by atoms with van der Waals surface area (Å²) in [6.45, 7) is 0.214. The fourth-order valence-corrected chi connectivity index (χ4v) is 3.99. The molecule has 3 aromatic rings. The van der Waals surface area contributed by atoms with Gasteiger partial charge < -0.3 is 23.7 Å². The average molecular weight is 373 g/mol. The zero-order chi connectivity index (χ0) is 18.3. The molecule has 1 aromatic heterocycles. The number of H-pyrrole nitrogens is 1. The highest BCUT2D eigenvalue weighted by molar-refractivity contribution is 7.90. The lowest BCUT2D eigenvalue weighted by Gasteiger charge is -2.18. The van der Waals surface area contributed by atoms with E-state index in [1.165, 1.54) is 0 Å². The van der Waals surface area contributed by atoms with Crippen molar-refractivity contribution in [3.8, 4) is 17.2 Å². The van der Waals surface area contributed by atoms with Crippen molar-refractivity contribution in [3.63, 3.8) is 0 Å². The third-order valence-corrected chi connectivity index (χ3v) is 5.43. The second-order valence-corrected chi connectivity index (χ2v) is 7.51. The van der Waals surface area contributed by atoms with Gasteiger partial charge in [-0.15, -0.1) is 0 Å². The van der Waals surface area contributed by atoms with Gasteiger partial charge in [0.2, 0.25) is 6.79 Å². The number of imidazole rings is 1. The zero-order valence-corrected chi connectivity index (χ0v) is 15.6. The van der Waals surface area contributed by atoms with E-state index in [2.05, 4.69) is 9.97 Å². The summed E-state index contributed by atoms with van der Waals surface area (Å²) in [6.07, 6.45) is 0. The van der Waals surface area contributed by atoms with Gasteiger partial charge in [-0.2, -0.15) is 4.98 Å². The van der Waals surface area contributed by atoms with Gasteiger partial charge in [-0.3, -0.25) is 4.98 Å². The molecule has 2 aromatic carbocycles. The van der Waals surface area contributed by atoms with Crippen LogP contribution in [0.15, 0.2) is 35.5 Å². The van der Waals surface area contributed by atoms with Crippen molar-refractivity contribution < 1.29 is 18.8 Å². The van der Waals surface area contributed by atoms with Gasteiger partial charge in [-0.05, 0) is 12.1 Å². The molecular weight excluding hydrogens is 354 g/mol. The smallest absolute Gasteiger partial charge is 0.321 e. The van der Waals surface area contributed by atoms with E-state index in [0.29, 0.717) is 27.9 Å². The molecule has 26 heavy (non-hydrogen) atoms. The standard InChI is InChI=1S/C18H19N3O4S/c1-21(2)15-6-12(23-3)5-4-11(15)9-26(22)18-19-13-7-16-17(25-10-24-16)8-14(13)20-18/h4-8H,9-10H2,1-3H3,(H,19,20). The van der Waals surface area contributed by atoms with Gasteiger partial charge in [-0.1, -0.05) is 0 Å². The fraction of sp³-hybridized carbons (Fsp3) is 0.278. The van der Waals surface area contributed by atoms with Crippen molar-refractivity contribution in [2.24, 2.45) is 0 Å². The molecule has 1 aliphatic rings. The third-order valence-electron chi connectivity index (χ3n) is 4.23. The minimum Gasteiger partial charge on any atom is -0.609 e. The van der Waals surface area contributed by atoms with Crippen LogP contribution in [0.3, 0.4) is 0 Å². The summed E-state index contributed by atoms with van der Waals surface area (Å²) >= 11 is -1.32. The summed E-state index contributed by atoms with van der Waals surface area (Å²) in [5, 5.41) is 0.434. The maximum absolute atomic E-state index is 12.9. The van der Waals surface area contributed by atoms with Crippen LogP contribution in [0.1, 0.15) is 5.56 Å². The first-order valence-corrected chi connectivity index (χ1v) is 9.39. The molecule has 1 unspecified atom stereocenters. The van der Waals surface area contributed by atoms with Crippen LogP contribution < -0.4 is 19.1 Å². The fourth-order valence-electron chi connectivity index (χ4n) is 2.90. The van der Waals surface area contributed by atoms with Crippen molar-refractivity contribution in [3.05, 3.63) is 35.9 Å². The lowest BCUT2D eigenvalue weighted by Crippen LogP contribution is -2.14. The summed E-state index contributed by atoms with van der Waals surface area (Å²) < 4.78 is 28.9. The monoisotopic (exact) mass is 373 g/mol. The molecule has 0 saturated heterocycles. The summed E-state index contributed by atoms with van der Waals surface area (Å²) in [5.41, 5.74) is 3.42. The maximum atomic E-state index is 12.9. The first-order chi connectivity index (χ1) is 12.5. The van der Waals surface area contributed by atoms with Gasteiger partial charge >= 0.3 is 5.16 Å². The lowest BCUT2D eigenvalue weighted by atomic mass is 10.2. The average Bonchev–Trinajstić information content (AvgIpc) is 3.25. The maximum Gasteiger partial charge on any atom is 0.321 e. The molecule has 136 valence electrons. The largest absolute Gasteiger partial charge is 0.609 e. The van der Waals surface area contributed by atoms with Crippen molar-refractivity contribution in [1.82, 2.24) is 9.97 Å². The summed E-state index contributed by atoms with van der Waals surface area (Å²) in [6, 6.07) is 9.37. The highest BCUT2D eigenvalue weighted by atomic mass is 32.2. The molecule has 1 N–H and O–H groups in total. The molecule has 1 atom stereocenters. The minimum absolute atomic E-state index is 0.214. The van der Waals surface area contributed by atoms with Gasteiger partial charge in [0.1, 0.15) is 11.5 Å². The summed E-state index contributed by atoms with van der Waals surface area (Å²) in [5.74, 6) is 2.45. The molecule has 4 rings (SSSR count). The number of hydrogen-bond acceptors (Lipinski definition) is 6. The van der Waals surface area contributed by atoms with Gasteiger partial charge in [0, 0.05) is 54.7 Å². The number of rotatable bonds is 5. The number of anilines is 1. The number of fused-ring (bicyclic) bond motifs is 2. The van der Waals surface area contributed by atoms with Crippen molar-refractivity contribution in [2.45, 2.75) is 10.9 Å². The van der Waals surface area contributed by atoms with E-state index in [1.54, 1.807) is 13.2 Å². The van der Waals surface area contributed by atoms with Crippen LogP contribution in [0.5, 0.6) is 17.2 Å². The van der Waals surface area contributed by atoms with Crippen LogP contribution in [-0.2, 0) is 16.9 Å². The van der Waals surface area contributed by atoms with E-state index in [1.807, 2.05) is 43.3 Å². The second-order valence-electron chi connectivity index (χ2n) is 6.14. The topological polar surface area (TPSA) is 82.7 Å². The Kier molecular flexibility index (Phi) is 4.29. The van der Waals surface area contributed by atoms with E-state index in [4.69, 9.17) is 14.2 Å². The van der Waals surface area contributed by atoms with Crippen LogP contribution in [0.4, 0.5) is 5.69 Å². The minimum atomic E-state index is -1.32. The Hall–Kier alpha value is -2.58. The van der Waals surface area contributed by atoms with E-state index >= 15 is 0 Å². The van der Waals surface area contributed by atoms with Crippen LogP contribution in [0.2, 0.25) is 0 Å². The number of benzene rings is 2. The number of methoxy groups -OCH3 is 1. The predicted octanol–water partition coefficient (Wildman–Crippen LogP) is 2.67. The molecule has 1 aliphatic heterocycles. The van der Waals surface area contributed by atoms with E-state index in [0.717, 1.165) is 22.5 Å². The molecule has 0 saturated carbocycles. The van der Waals surface area contributed by atoms with E-state index in [9.17, 15) is 4.55 Å². The van der Waals surface area contributed by atoms with Gasteiger partial charge in [0.05, 0.1) is 18.1 Å². The third kappa shape index (κ3) is 3.02. The molecule has 0 amide bonds. The Balaban J connectivity index is 1.62. The molecule has 0 fully saturated rings. The Labute approximate surface area is 154 Å². The van der Waals surface area contributed by atoms with E-state index in [-0.39, 0.29) is 6.79 Å². The number of nitrogens with zero attached hydrogens (tertiary/aromatic N) is 2. The normalized spacial score (nSPS) is 13.8. The number of aromatic amines is 1. The second kappa shape index (κ2) is 6.62. The Morgan fingerprint density at radius 1 is 1.23 bits per heavy atom. The molecule has 2 heterocycles. The molecule has 0 bridgehead atoms. The number of ether oxygens (including phenoxy) is 3. The molecule has 0 radical (unpaired) electrons. The molecule has 7 nitrogen and oxygen atoms in total. The first-order valence-electron chi connectivity index (χ1n) is 8.07. The van der Waals surface area contributed by atoms with Crippen molar-refractivity contribution in [2.75, 3.05) is 32.9 Å². The molecule has 0 aliphatic carbocycles. The lowest BCUT2D eigenvalue weighted by molar-refractivity contribution is 0.174.